The molecule has 0 atom stereocenters. The maximum Gasteiger partial charge on any atom is 0.0853 e. The number of rotatable bonds is 9. The molecule has 1 aromatic carbocycles. The van der Waals surface area contributed by atoms with Crippen LogP contribution in [0, 0.1) is 0 Å². The fourth-order valence-electron chi connectivity index (χ4n) is 3.99. The Kier molecular flexibility index (Phi) is 7.15. The molecule has 0 radical (unpaired) electrons. The molecular formula is C19H36N2OSi. The Morgan fingerprint density at radius 3 is 1.57 bits per heavy atom. The van der Waals surface area contributed by atoms with Crippen LogP contribution in [-0.2, 0) is 0 Å². The molecule has 132 valence electrons. The SMILES string of the molecule is CCN(CC)c1ccc(N(O)C(C)(C)[Si](CC)(CC)CC)cc1. The minimum absolute atomic E-state index is 0.179. The third kappa shape index (κ3) is 3.74. The molecule has 1 N–H and O–H groups in total. The third-order valence-corrected chi connectivity index (χ3v) is 12.9. The molecule has 0 aliphatic heterocycles. The van der Waals surface area contributed by atoms with Gasteiger partial charge in [0.1, 0.15) is 0 Å². The first-order chi connectivity index (χ1) is 10.8. The van der Waals surface area contributed by atoms with Crippen LogP contribution in [0.3, 0.4) is 0 Å². The van der Waals surface area contributed by atoms with Gasteiger partial charge in [0.2, 0.25) is 0 Å². The molecule has 23 heavy (non-hydrogen) atoms. The molecule has 0 saturated heterocycles. The van der Waals surface area contributed by atoms with Crippen LogP contribution in [0.2, 0.25) is 18.1 Å². The van der Waals surface area contributed by atoms with Crippen molar-refractivity contribution in [1.82, 2.24) is 0 Å². The summed E-state index contributed by atoms with van der Waals surface area (Å²) in [6.07, 6.45) is 0. The van der Waals surface area contributed by atoms with Crippen molar-refractivity contribution in [2.75, 3.05) is 23.1 Å². The largest absolute Gasteiger partial charge is 0.372 e. The van der Waals surface area contributed by atoms with E-state index in [2.05, 4.69) is 77.6 Å². The van der Waals surface area contributed by atoms with Gasteiger partial charge in [-0.1, -0.05) is 38.9 Å². The average Bonchev–Trinajstić information content (AvgIpc) is 2.58. The molecule has 0 aromatic heterocycles. The average molecular weight is 337 g/mol. The first kappa shape index (κ1) is 20.0. The monoisotopic (exact) mass is 336 g/mol. The maximum atomic E-state index is 11.0. The van der Waals surface area contributed by atoms with E-state index in [-0.39, 0.29) is 5.16 Å². The fourth-order valence-corrected chi connectivity index (χ4v) is 8.66. The molecule has 0 amide bonds. The minimum atomic E-state index is -1.57. The van der Waals surface area contributed by atoms with E-state index in [4.69, 9.17) is 0 Å². The van der Waals surface area contributed by atoms with Gasteiger partial charge in [-0.25, -0.2) is 0 Å². The van der Waals surface area contributed by atoms with Crippen molar-refractivity contribution in [2.45, 2.75) is 71.8 Å². The van der Waals surface area contributed by atoms with Gasteiger partial charge < -0.3 is 4.90 Å². The van der Waals surface area contributed by atoms with Crippen LogP contribution >= 0.6 is 0 Å². The van der Waals surface area contributed by atoms with Crippen molar-refractivity contribution in [3.8, 4) is 0 Å². The fraction of sp³-hybridized carbons (Fsp3) is 0.684. The number of hydrogen-bond acceptors (Lipinski definition) is 3. The van der Waals surface area contributed by atoms with Gasteiger partial charge >= 0.3 is 0 Å². The van der Waals surface area contributed by atoms with Crippen LogP contribution in [0.25, 0.3) is 0 Å². The van der Waals surface area contributed by atoms with Gasteiger partial charge in [-0.15, -0.1) is 0 Å². The Labute approximate surface area is 144 Å². The standard InChI is InChI=1S/C19H36N2OSi/c1-8-20(9-2)17-13-15-18(16-14-17)21(22)19(6,7)23(10-3,11-4)12-5/h13-16,22H,8-12H2,1-7H3. The highest BCUT2D eigenvalue weighted by Gasteiger charge is 2.47. The van der Waals surface area contributed by atoms with Gasteiger partial charge in [0.25, 0.3) is 0 Å². The number of benzene rings is 1. The van der Waals surface area contributed by atoms with Crippen LogP contribution in [0.4, 0.5) is 11.4 Å². The van der Waals surface area contributed by atoms with Gasteiger partial charge in [0.05, 0.1) is 18.9 Å². The van der Waals surface area contributed by atoms with Crippen LogP contribution in [0.15, 0.2) is 24.3 Å². The van der Waals surface area contributed by atoms with Gasteiger partial charge in [-0.3, -0.25) is 10.3 Å². The Morgan fingerprint density at radius 1 is 0.826 bits per heavy atom. The lowest BCUT2D eigenvalue weighted by molar-refractivity contribution is 0.205. The van der Waals surface area contributed by atoms with Crippen LogP contribution in [0.1, 0.15) is 48.5 Å². The van der Waals surface area contributed by atoms with Crippen molar-refractivity contribution in [3.63, 3.8) is 0 Å². The summed E-state index contributed by atoms with van der Waals surface area (Å²) >= 11 is 0. The Hall–Kier alpha value is -1.00. The number of anilines is 2. The van der Waals surface area contributed by atoms with Crippen LogP contribution in [-0.4, -0.2) is 31.5 Å². The zero-order valence-electron chi connectivity index (χ0n) is 16.2. The van der Waals surface area contributed by atoms with E-state index in [0.717, 1.165) is 18.8 Å². The number of hydroxylamine groups is 1. The topological polar surface area (TPSA) is 26.7 Å². The summed E-state index contributed by atoms with van der Waals surface area (Å²) in [5, 5.41) is 12.3. The van der Waals surface area contributed by atoms with Crippen LogP contribution < -0.4 is 9.96 Å². The normalized spacial score (nSPS) is 12.3. The zero-order chi connectivity index (χ0) is 17.7. The van der Waals surface area contributed by atoms with Crippen molar-refractivity contribution < 1.29 is 5.21 Å². The van der Waals surface area contributed by atoms with Crippen LogP contribution in [0.5, 0.6) is 0 Å². The summed E-state index contributed by atoms with van der Waals surface area (Å²) in [6, 6.07) is 11.9. The van der Waals surface area contributed by atoms with Crippen molar-refractivity contribution in [3.05, 3.63) is 24.3 Å². The van der Waals surface area contributed by atoms with E-state index in [1.165, 1.54) is 23.8 Å². The number of nitrogens with zero attached hydrogens (tertiary/aromatic N) is 2. The molecule has 0 spiro atoms. The lowest BCUT2D eigenvalue weighted by Crippen LogP contribution is -2.63. The Bertz CT molecular complexity index is 456. The second kappa shape index (κ2) is 8.20. The first-order valence-corrected chi connectivity index (χ1v) is 11.8. The molecule has 1 rings (SSSR count). The summed E-state index contributed by atoms with van der Waals surface area (Å²) in [5.74, 6) is 0. The van der Waals surface area contributed by atoms with Gasteiger partial charge in [0.15, 0.2) is 0 Å². The van der Waals surface area contributed by atoms with E-state index >= 15 is 0 Å². The summed E-state index contributed by atoms with van der Waals surface area (Å²) in [4.78, 5) is 2.32. The summed E-state index contributed by atoms with van der Waals surface area (Å²) in [7, 11) is -1.57. The lowest BCUT2D eigenvalue weighted by atomic mass is 10.2. The Balaban J connectivity index is 3.10. The molecule has 0 fully saturated rings. The molecular weight excluding hydrogens is 300 g/mol. The van der Waals surface area contributed by atoms with E-state index in [1.807, 2.05) is 0 Å². The predicted octanol–water partition coefficient (Wildman–Crippen LogP) is 5.55. The highest BCUT2D eigenvalue weighted by atomic mass is 28.3. The molecule has 0 unspecified atom stereocenters. The molecule has 0 aliphatic carbocycles. The Morgan fingerprint density at radius 2 is 1.22 bits per heavy atom. The summed E-state index contributed by atoms with van der Waals surface area (Å²) in [5.41, 5.74) is 2.12. The highest BCUT2D eigenvalue weighted by molar-refractivity contribution is 6.83. The van der Waals surface area contributed by atoms with Gasteiger partial charge in [-0.2, -0.15) is 0 Å². The molecule has 0 bridgehead atoms. The first-order valence-electron chi connectivity index (χ1n) is 9.17. The molecule has 0 aliphatic rings. The molecule has 0 saturated carbocycles. The van der Waals surface area contributed by atoms with E-state index in [9.17, 15) is 5.21 Å². The summed E-state index contributed by atoms with van der Waals surface area (Å²) in [6.45, 7) is 17.6. The maximum absolute atomic E-state index is 11.0. The van der Waals surface area contributed by atoms with Gasteiger partial charge in [-0.05, 0) is 52.0 Å². The summed E-state index contributed by atoms with van der Waals surface area (Å²) < 4.78 is 0. The van der Waals surface area contributed by atoms with E-state index in [0.29, 0.717) is 0 Å². The van der Waals surface area contributed by atoms with E-state index < -0.39 is 8.07 Å². The second-order valence-electron chi connectivity index (χ2n) is 6.90. The predicted molar refractivity (Wildman–Crippen MR) is 106 cm³/mol. The molecule has 4 heteroatoms. The van der Waals surface area contributed by atoms with E-state index in [1.54, 1.807) is 5.06 Å². The second-order valence-corrected chi connectivity index (χ2v) is 12.8. The lowest BCUT2D eigenvalue weighted by Gasteiger charge is -2.49. The number of hydrogen-bond donors (Lipinski definition) is 1. The molecule has 0 heterocycles. The molecule has 1 aromatic rings. The van der Waals surface area contributed by atoms with Crippen molar-refractivity contribution >= 4 is 19.4 Å². The van der Waals surface area contributed by atoms with Gasteiger partial charge in [0, 0.05) is 18.8 Å². The smallest absolute Gasteiger partial charge is 0.0853 e. The quantitative estimate of drug-likeness (QED) is 0.473. The van der Waals surface area contributed by atoms with Crippen molar-refractivity contribution in [1.29, 1.82) is 0 Å². The highest BCUT2D eigenvalue weighted by Crippen LogP contribution is 2.38. The van der Waals surface area contributed by atoms with Crippen molar-refractivity contribution in [2.24, 2.45) is 0 Å². The zero-order valence-corrected chi connectivity index (χ0v) is 17.2. The third-order valence-electron chi connectivity index (χ3n) is 6.08. The minimum Gasteiger partial charge on any atom is -0.372 e. The molecule has 3 nitrogen and oxygen atoms in total.